The number of para-hydroxylation sites is 1. The van der Waals surface area contributed by atoms with E-state index < -0.39 is 0 Å². The number of rotatable bonds is 5. The summed E-state index contributed by atoms with van der Waals surface area (Å²) < 4.78 is 9.61. The minimum Gasteiger partial charge on any atom is -0.419 e. The summed E-state index contributed by atoms with van der Waals surface area (Å²) >= 11 is 12.8. The summed E-state index contributed by atoms with van der Waals surface area (Å²) in [5.41, 5.74) is 3.50. The van der Waals surface area contributed by atoms with E-state index in [0.29, 0.717) is 34.1 Å². The second kappa shape index (κ2) is 8.70. The lowest BCUT2D eigenvalue weighted by atomic mass is 9.97. The average molecular weight is 494 g/mol. The molecule has 34 heavy (non-hydrogen) atoms. The van der Waals surface area contributed by atoms with Gasteiger partial charge >= 0.3 is 0 Å². The molecule has 8 nitrogen and oxygen atoms in total. The van der Waals surface area contributed by atoms with Crippen LogP contribution in [0.25, 0.3) is 28.5 Å². The summed E-state index contributed by atoms with van der Waals surface area (Å²) in [6.45, 7) is 6.43. The highest BCUT2D eigenvalue weighted by Gasteiger charge is 2.28. The van der Waals surface area contributed by atoms with Gasteiger partial charge in [-0.1, -0.05) is 68.2 Å². The molecular formula is C24H21Cl2N7O. The molecule has 0 N–H and O–H groups in total. The van der Waals surface area contributed by atoms with Crippen molar-refractivity contribution in [1.29, 1.82) is 0 Å². The Balaban J connectivity index is 1.80. The number of hydrogen-bond donors (Lipinski definition) is 0. The van der Waals surface area contributed by atoms with Gasteiger partial charge in [0.2, 0.25) is 5.89 Å². The molecule has 2 aromatic carbocycles. The molecule has 0 radical (unpaired) electrons. The lowest BCUT2D eigenvalue weighted by Gasteiger charge is -2.12. The Labute approximate surface area is 206 Å². The molecule has 0 spiro atoms. The Bertz CT molecular complexity index is 1430. The first-order valence-corrected chi connectivity index (χ1v) is 11.4. The lowest BCUT2D eigenvalue weighted by molar-refractivity contribution is 0.398. The van der Waals surface area contributed by atoms with E-state index in [9.17, 15) is 0 Å². The van der Waals surface area contributed by atoms with Crippen molar-refractivity contribution in [3.8, 4) is 28.5 Å². The molecule has 0 unspecified atom stereocenters. The van der Waals surface area contributed by atoms with Gasteiger partial charge in [0.1, 0.15) is 12.7 Å². The van der Waals surface area contributed by atoms with Crippen molar-refractivity contribution in [3.05, 3.63) is 82.7 Å². The van der Waals surface area contributed by atoms with Gasteiger partial charge in [-0.3, -0.25) is 0 Å². The molecule has 3 heterocycles. The summed E-state index contributed by atoms with van der Waals surface area (Å²) in [5.74, 6) is 0.843. The fraction of sp³-hybridized carbons (Fsp3) is 0.208. The lowest BCUT2D eigenvalue weighted by Crippen LogP contribution is -2.11. The van der Waals surface area contributed by atoms with E-state index in [1.54, 1.807) is 15.7 Å². The summed E-state index contributed by atoms with van der Waals surface area (Å²) in [6, 6.07) is 15.1. The molecule has 0 saturated heterocycles. The quantitative estimate of drug-likeness (QED) is 0.305. The molecule has 172 valence electrons. The SMILES string of the molecule is CC(C)(C)c1nnc(-c2nn(-c3ccccc3Cl)c(-c3ccc(Cl)cc3)c2Cn2cncn2)o1. The van der Waals surface area contributed by atoms with Crippen LogP contribution in [0.1, 0.15) is 32.2 Å². The largest absolute Gasteiger partial charge is 0.419 e. The van der Waals surface area contributed by atoms with Crippen LogP contribution in [0.3, 0.4) is 0 Å². The van der Waals surface area contributed by atoms with Crippen LogP contribution >= 0.6 is 23.2 Å². The van der Waals surface area contributed by atoms with Crippen LogP contribution in [-0.4, -0.2) is 34.7 Å². The van der Waals surface area contributed by atoms with Gasteiger partial charge in [0.25, 0.3) is 5.89 Å². The minimum atomic E-state index is -0.304. The third-order valence-corrected chi connectivity index (χ3v) is 5.81. The second-order valence-corrected chi connectivity index (χ2v) is 9.64. The van der Waals surface area contributed by atoms with Crippen LogP contribution in [-0.2, 0) is 12.0 Å². The average Bonchev–Trinajstić information content (AvgIpc) is 3.55. The fourth-order valence-corrected chi connectivity index (χ4v) is 3.91. The van der Waals surface area contributed by atoms with Crippen molar-refractivity contribution in [1.82, 2.24) is 34.7 Å². The Kier molecular flexibility index (Phi) is 5.71. The molecule has 0 fully saturated rings. The maximum atomic E-state index is 6.60. The first-order chi connectivity index (χ1) is 16.3. The van der Waals surface area contributed by atoms with E-state index in [-0.39, 0.29) is 5.41 Å². The van der Waals surface area contributed by atoms with E-state index >= 15 is 0 Å². The molecule has 0 aliphatic heterocycles. The number of aromatic nitrogens is 7. The van der Waals surface area contributed by atoms with Crippen LogP contribution in [0.5, 0.6) is 0 Å². The molecule has 5 rings (SSSR count). The van der Waals surface area contributed by atoms with Crippen molar-refractivity contribution < 1.29 is 4.42 Å². The third-order valence-electron chi connectivity index (χ3n) is 5.24. The van der Waals surface area contributed by atoms with Crippen molar-refractivity contribution in [2.75, 3.05) is 0 Å². The van der Waals surface area contributed by atoms with Crippen molar-refractivity contribution in [2.24, 2.45) is 0 Å². The zero-order valence-corrected chi connectivity index (χ0v) is 20.3. The predicted molar refractivity (Wildman–Crippen MR) is 130 cm³/mol. The Morgan fingerprint density at radius 3 is 2.38 bits per heavy atom. The first-order valence-electron chi connectivity index (χ1n) is 10.6. The number of benzene rings is 2. The van der Waals surface area contributed by atoms with Crippen LogP contribution in [0, 0.1) is 0 Å². The summed E-state index contributed by atoms with van der Waals surface area (Å²) in [4.78, 5) is 4.08. The zero-order chi connectivity index (χ0) is 23.9. The molecular weight excluding hydrogens is 473 g/mol. The van der Waals surface area contributed by atoms with Crippen LogP contribution < -0.4 is 0 Å². The third kappa shape index (κ3) is 4.22. The number of hydrogen-bond acceptors (Lipinski definition) is 6. The summed E-state index contributed by atoms with van der Waals surface area (Å²) in [6.07, 6.45) is 3.14. The number of halogens is 2. The predicted octanol–water partition coefficient (Wildman–Crippen LogP) is 5.83. The van der Waals surface area contributed by atoms with Crippen LogP contribution in [0.2, 0.25) is 10.0 Å². The maximum Gasteiger partial charge on any atom is 0.268 e. The van der Waals surface area contributed by atoms with E-state index in [4.69, 9.17) is 32.7 Å². The summed E-state index contributed by atoms with van der Waals surface area (Å²) in [5, 5.41) is 19.0. The van der Waals surface area contributed by atoms with E-state index in [0.717, 1.165) is 22.5 Å². The maximum absolute atomic E-state index is 6.60. The summed E-state index contributed by atoms with van der Waals surface area (Å²) in [7, 11) is 0. The second-order valence-electron chi connectivity index (χ2n) is 8.80. The Hall–Kier alpha value is -3.49. The monoisotopic (exact) mass is 493 g/mol. The highest BCUT2D eigenvalue weighted by molar-refractivity contribution is 6.32. The topological polar surface area (TPSA) is 87.5 Å². The highest BCUT2D eigenvalue weighted by Crippen LogP contribution is 2.37. The van der Waals surface area contributed by atoms with Gasteiger partial charge in [-0.05, 0) is 24.3 Å². The van der Waals surface area contributed by atoms with Gasteiger partial charge < -0.3 is 4.42 Å². The molecule has 0 aliphatic rings. The fourth-order valence-electron chi connectivity index (χ4n) is 3.57. The van der Waals surface area contributed by atoms with Crippen molar-refractivity contribution in [2.45, 2.75) is 32.7 Å². The molecule has 10 heteroatoms. The number of nitrogens with zero attached hydrogens (tertiary/aromatic N) is 7. The van der Waals surface area contributed by atoms with Crippen LogP contribution in [0.15, 0.2) is 65.6 Å². The molecule has 3 aromatic heterocycles. The Morgan fingerprint density at radius 1 is 0.971 bits per heavy atom. The molecule has 5 aromatic rings. The van der Waals surface area contributed by atoms with Gasteiger partial charge in [0.05, 0.1) is 22.9 Å². The first kappa shape index (κ1) is 22.3. The molecule has 0 amide bonds. The van der Waals surface area contributed by atoms with Gasteiger partial charge in [-0.15, -0.1) is 10.2 Å². The molecule has 0 atom stereocenters. The normalized spacial score (nSPS) is 11.8. The standard InChI is InChI=1S/C24H21Cl2N7O/c1-24(2,3)23-30-29-22(34-23)20-17(12-32-14-27-13-28-32)21(15-8-10-16(25)11-9-15)33(31-20)19-7-5-4-6-18(19)26/h4-11,13-14H,12H2,1-3H3. The molecule has 0 bridgehead atoms. The van der Waals surface area contributed by atoms with Gasteiger partial charge in [-0.2, -0.15) is 10.2 Å². The van der Waals surface area contributed by atoms with Gasteiger partial charge in [-0.25, -0.2) is 14.3 Å². The molecule has 0 saturated carbocycles. The highest BCUT2D eigenvalue weighted by atomic mass is 35.5. The van der Waals surface area contributed by atoms with Gasteiger partial charge in [0.15, 0.2) is 5.69 Å². The van der Waals surface area contributed by atoms with E-state index in [1.807, 2.05) is 69.3 Å². The van der Waals surface area contributed by atoms with Crippen molar-refractivity contribution >= 4 is 23.2 Å². The van der Waals surface area contributed by atoms with Crippen LogP contribution in [0.4, 0.5) is 0 Å². The Morgan fingerprint density at radius 2 is 1.74 bits per heavy atom. The molecule has 0 aliphatic carbocycles. The van der Waals surface area contributed by atoms with E-state index in [1.165, 1.54) is 6.33 Å². The minimum absolute atomic E-state index is 0.304. The zero-order valence-electron chi connectivity index (χ0n) is 18.8. The van der Waals surface area contributed by atoms with Crippen molar-refractivity contribution in [3.63, 3.8) is 0 Å². The van der Waals surface area contributed by atoms with E-state index in [2.05, 4.69) is 20.3 Å². The smallest absolute Gasteiger partial charge is 0.268 e. The van der Waals surface area contributed by atoms with Gasteiger partial charge in [0, 0.05) is 21.6 Å².